The van der Waals surface area contributed by atoms with Crippen LogP contribution in [0.5, 0.6) is 0 Å². The molecular weight excluding hydrogens is 200 g/mol. The lowest BCUT2D eigenvalue weighted by Crippen LogP contribution is -2.16. The zero-order valence-corrected chi connectivity index (χ0v) is 9.47. The van der Waals surface area contributed by atoms with Crippen LogP contribution in [0.4, 0.5) is 5.95 Å². The third-order valence-corrected chi connectivity index (χ3v) is 2.48. The van der Waals surface area contributed by atoms with Crippen LogP contribution in [-0.4, -0.2) is 27.1 Å². The summed E-state index contributed by atoms with van der Waals surface area (Å²) in [4.78, 5) is 4.24. The van der Waals surface area contributed by atoms with Gasteiger partial charge in [-0.3, -0.25) is 0 Å². The second-order valence-electron chi connectivity index (χ2n) is 3.19. The molecule has 0 amide bonds. The number of nitrogens with one attached hydrogen (secondary N) is 1. The van der Waals surface area contributed by atoms with Gasteiger partial charge < -0.3 is 5.32 Å². The molecule has 1 N–H and O–H groups in total. The Balaban J connectivity index is 2.55. The molecule has 0 saturated heterocycles. The number of nitrogens with zero attached hydrogens (tertiary/aromatic N) is 3. The molecule has 0 aromatic carbocycles. The van der Waals surface area contributed by atoms with Crippen LogP contribution in [0.15, 0.2) is 0 Å². The van der Waals surface area contributed by atoms with Crippen molar-refractivity contribution in [1.29, 1.82) is 0 Å². The van der Waals surface area contributed by atoms with Gasteiger partial charge in [0, 0.05) is 6.54 Å². The van der Waals surface area contributed by atoms with E-state index in [4.69, 9.17) is 11.6 Å². The first kappa shape index (κ1) is 11.2. The number of aromatic nitrogens is 3. The van der Waals surface area contributed by atoms with Crippen molar-refractivity contribution < 1.29 is 0 Å². The van der Waals surface area contributed by atoms with Crippen LogP contribution in [0.25, 0.3) is 0 Å². The summed E-state index contributed by atoms with van der Waals surface area (Å²) in [6.07, 6.45) is 0.923. The molecule has 0 radical (unpaired) electrons. The van der Waals surface area contributed by atoms with Gasteiger partial charge in [-0.15, -0.1) is 16.7 Å². The van der Waals surface area contributed by atoms with Gasteiger partial charge in [-0.2, -0.15) is 5.10 Å². The highest BCUT2D eigenvalue weighted by Crippen LogP contribution is 2.05. The van der Waals surface area contributed by atoms with Crippen LogP contribution in [0.3, 0.4) is 0 Å². The molecule has 14 heavy (non-hydrogen) atoms. The first-order valence-electron chi connectivity index (χ1n) is 4.69. The molecule has 5 heteroatoms. The van der Waals surface area contributed by atoms with E-state index in [1.807, 2.05) is 20.8 Å². The summed E-state index contributed by atoms with van der Waals surface area (Å²) in [5, 5.41) is 11.0. The van der Waals surface area contributed by atoms with Crippen molar-refractivity contribution in [2.45, 2.75) is 32.6 Å². The van der Waals surface area contributed by atoms with Gasteiger partial charge in [0.15, 0.2) is 0 Å². The van der Waals surface area contributed by atoms with Gasteiger partial charge in [0.2, 0.25) is 5.95 Å². The number of anilines is 1. The third-order valence-electron chi connectivity index (χ3n) is 2.02. The Morgan fingerprint density at radius 1 is 1.29 bits per heavy atom. The van der Waals surface area contributed by atoms with E-state index >= 15 is 0 Å². The van der Waals surface area contributed by atoms with E-state index in [9.17, 15) is 0 Å². The van der Waals surface area contributed by atoms with Crippen molar-refractivity contribution >= 4 is 17.5 Å². The smallest absolute Gasteiger partial charge is 0.243 e. The largest absolute Gasteiger partial charge is 0.351 e. The summed E-state index contributed by atoms with van der Waals surface area (Å²) in [7, 11) is 0. The SMILES string of the molecule is CCC(Cl)CNc1nnc(C)c(C)n1. The van der Waals surface area contributed by atoms with Gasteiger partial charge in [-0.25, -0.2) is 4.98 Å². The predicted octanol–water partition coefficient (Wildman–Crippen LogP) is 1.92. The van der Waals surface area contributed by atoms with Gasteiger partial charge in [-0.1, -0.05) is 6.92 Å². The Bertz CT molecular complexity index is 303. The Kier molecular flexibility index (Phi) is 4.07. The number of halogens is 1. The van der Waals surface area contributed by atoms with Crippen LogP contribution in [0, 0.1) is 13.8 Å². The van der Waals surface area contributed by atoms with E-state index < -0.39 is 0 Å². The fourth-order valence-corrected chi connectivity index (χ4v) is 0.955. The molecule has 0 aliphatic rings. The lowest BCUT2D eigenvalue weighted by atomic mass is 10.3. The van der Waals surface area contributed by atoms with Crippen LogP contribution >= 0.6 is 11.6 Å². The number of aryl methyl sites for hydroxylation is 2. The molecule has 0 saturated carbocycles. The van der Waals surface area contributed by atoms with Gasteiger partial charge in [-0.05, 0) is 20.3 Å². The normalized spacial score (nSPS) is 12.6. The molecule has 1 rings (SSSR count). The summed E-state index contributed by atoms with van der Waals surface area (Å²) in [5.41, 5.74) is 1.75. The molecule has 4 nitrogen and oxygen atoms in total. The van der Waals surface area contributed by atoms with Gasteiger partial charge >= 0.3 is 0 Å². The van der Waals surface area contributed by atoms with Crippen molar-refractivity contribution in [3.8, 4) is 0 Å². The number of hydrogen-bond donors (Lipinski definition) is 1. The van der Waals surface area contributed by atoms with Crippen LogP contribution < -0.4 is 5.32 Å². The zero-order chi connectivity index (χ0) is 10.6. The summed E-state index contributed by atoms with van der Waals surface area (Å²) in [6, 6.07) is 0. The van der Waals surface area contributed by atoms with Gasteiger partial charge in [0.25, 0.3) is 0 Å². The summed E-state index contributed by atoms with van der Waals surface area (Å²) >= 11 is 5.95. The van der Waals surface area contributed by atoms with E-state index in [2.05, 4.69) is 20.5 Å². The molecule has 0 bridgehead atoms. The number of rotatable bonds is 4. The molecule has 78 valence electrons. The Labute approximate surface area is 89.1 Å². The fraction of sp³-hybridized carbons (Fsp3) is 0.667. The highest BCUT2D eigenvalue weighted by molar-refractivity contribution is 6.20. The molecule has 1 atom stereocenters. The standard InChI is InChI=1S/C9H15ClN4/c1-4-8(10)5-11-9-12-6(2)7(3)13-14-9/h8H,4-5H2,1-3H3,(H,11,12,14). The van der Waals surface area contributed by atoms with Gasteiger partial charge in [0.1, 0.15) is 0 Å². The molecule has 1 heterocycles. The fourth-order valence-electron chi connectivity index (χ4n) is 0.878. The minimum atomic E-state index is 0.111. The highest BCUT2D eigenvalue weighted by atomic mass is 35.5. The van der Waals surface area contributed by atoms with E-state index in [0.717, 1.165) is 17.8 Å². The van der Waals surface area contributed by atoms with Crippen molar-refractivity contribution in [2.75, 3.05) is 11.9 Å². The minimum Gasteiger partial charge on any atom is -0.351 e. The second kappa shape index (κ2) is 5.10. The quantitative estimate of drug-likeness (QED) is 0.779. The second-order valence-corrected chi connectivity index (χ2v) is 3.81. The molecule has 0 aliphatic heterocycles. The summed E-state index contributed by atoms with van der Waals surface area (Å²) in [5.74, 6) is 0.548. The van der Waals surface area contributed by atoms with E-state index in [0.29, 0.717) is 12.5 Å². The minimum absolute atomic E-state index is 0.111. The van der Waals surface area contributed by atoms with Crippen molar-refractivity contribution in [1.82, 2.24) is 15.2 Å². The molecule has 0 spiro atoms. The third kappa shape index (κ3) is 3.10. The molecule has 1 aromatic heterocycles. The maximum absolute atomic E-state index is 5.95. The topological polar surface area (TPSA) is 50.7 Å². The van der Waals surface area contributed by atoms with E-state index in [-0.39, 0.29) is 5.38 Å². The van der Waals surface area contributed by atoms with Gasteiger partial charge in [0.05, 0.1) is 16.8 Å². The van der Waals surface area contributed by atoms with Crippen LogP contribution in [0.2, 0.25) is 0 Å². The Morgan fingerprint density at radius 2 is 2.00 bits per heavy atom. The lowest BCUT2D eigenvalue weighted by Gasteiger charge is -2.08. The molecule has 0 fully saturated rings. The van der Waals surface area contributed by atoms with Crippen LogP contribution in [0.1, 0.15) is 24.7 Å². The lowest BCUT2D eigenvalue weighted by molar-refractivity contribution is 0.819. The summed E-state index contributed by atoms with van der Waals surface area (Å²) < 4.78 is 0. The molecular formula is C9H15ClN4. The van der Waals surface area contributed by atoms with E-state index in [1.54, 1.807) is 0 Å². The monoisotopic (exact) mass is 214 g/mol. The summed E-state index contributed by atoms with van der Waals surface area (Å²) in [6.45, 7) is 6.50. The Morgan fingerprint density at radius 3 is 2.57 bits per heavy atom. The average molecular weight is 215 g/mol. The van der Waals surface area contributed by atoms with Crippen LogP contribution in [-0.2, 0) is 0 Å². The maximum Gasteiger partial charge on any atom is 0.243 e. The predicted molar refractivity (Wildman–Crippen MR) is 57.7 cm³/mol. The van der Waals surface area contributed by atoms with Crippen molar-refractivity contribution in [2.24, 2.45) is 0 Å². The first-order valence-corrected chi connectivity index (χ1v) is 5.13. The van der Waals surface area contributed by atoms with E-state index in [1.165, 1.54) is 0 Å². The molecule has 1 aromatic rings. The Hall–Kier alpha value is -0.900. The number of hydrogen-bond acceptors (Lipinski definition) is 4. The van der Waals surface area contributed by atoms with Crippen molar-refractivity contribution in [3.63, 3.8) is 0 Å². The first-order chi connectivity index (χ1) is 6.63. The highest BCUT2D eigenvalue weighted by Gasteiger charge is 2.04. The molecule has 0 aliphatic carbocycles. The molecule has 1 unspecified atom stereocenters. The maximum atomic E-state index is 5.95. The zero-order valence-electron chi connectivity index (χ0n) is 8.71. The average Bonchev–Trinajstić information content (AvgIpc) is 2.19. The van der Waals surface area contributed by atoms with Crippen molar-refractivity contribution in [3.05, 3.63) is 11.4 Å². The number of alkyl halides is 1.